The molecule has 2 aromatic carbocycles. The van der Waals surface area contributed by atoms with E-state index in [-0.39, 0.29) is 17.7 Å². The van der Waals surface area contributed by atoms with Crippen LogP contribution in [0.25, 0.3) is 0 Å². The van der Waals surface area contributed by atoms with Crippen LogP contribution < -0.4 is 5.32 Å². The quantitative estimate of drug-likeness (QED) is 0.856. The molecule has 7 heteroatoms. The Labute approximate surface area is 159 Å². The Bertz CT molecular complexity index is 950. The lowest BCUT2D eigenvalue weighted by atomic mass is 10.1. The van der Waals surface area contributed by atoms with Crippen molar-refractivity contribution in [3.63, 3.8) is 0 Å². The van der Waals surface area contributed by atoms with Crippen LogP contribution in [0.3, 0.4) is 0 Å². The van der Waals surface area contributed by atoms with Crippen molar-refractivity contribution in [3.05, 3.63) is 59.7 Å². The monoisotopic (exact) mass is 386 g/mol. The van der Waals surface area contributed by atoms with Crippen molar-refractivity contribution in [1.29, 1.82) is 0 Å². The molecule has 1 fully saturated rings. The van der Waals surface area contributed by atoms with Gasteiger partial charge in [-0.05, 0) is 49.6 Å². The number of rotatable bonds is 5. The molecule has 0 unspecified atom stereocenters. The summed E-state index contributed by atoms with van der Waals surface area (Å²) in [5.41, 5.74) is 2.61. The Kier molecular flexibility index (Phi) is 5.32. The molecular formula is C20H22N2O4S. The maximum atomic E-state index is 12.9. The van der Waals surface area contributed by atoms with Gasteiger partial charge in [0.05, 0.1) is 4.90 Å². The summed E-state index contributed by atoms with van der Waals surface area (Å²) < 4.78 is 26.6. The van der Waals surface area contributed by atoms with E-state index in [9.17, 15) is 18.0 Å². The number of hydrogen-bond acceptors (Lipinski definition) is 4. The SMILES string of the molecule is CCc1ccc(NC(=O)[C@@H]2CCC(=O)N2S(=O)(=O)c2ccc(C)cc2)cc1. The first-order valence-corrected chi connectivity index (χ1v) is 10.3. The van der Waals surface area contributed by atoms with Gasteiger partial charge in [-0.15, -0.1) is 0 Å². The lowest BCUT2D eigenvalue weighted by Gasteiger charge is -2.23. The van der Waals surface area contributed by atoms with Crippen LogP contribution in [0, 0.1) is 6.92 Å². The Morgan fingerprint density at radius 2 is 1.74 bits per heavy atom. The number of nitrogens with zero attached hydrogens (tertiary/aromatic N) is 1. The van der Waals surface area contributed by atoms with E-state index >= 15 is 0 Å². The zero-order valence-corrected chi connectivity index (χ0v) is 16.1. The van der Waals surface area contributed by atoms with Crippen molar-refractivity contribution in [3.8, 4) is 0 Å². The van der Waals surface area contributed by atoms with Crippen molar-refractivity contribution in [2.24, 2.45) is 0 Å². The molecule has 2 aromatic rings. The fourth-order valence-electron chi connectivity index (χ4n) is 3.07. The summed E-state index contributed by atoms with van der Waals surface area (Å²) in [6.07, 6.45) is 1.08. The minimum absolute atomic E-state index is 0.00782. The van der Waals surface area contributed by atoms with Gasteiger partial charge in [-0.25, -0.2) is 12.7 Å². The highest BCUT2D eigenvalue weighted by molar-refractivity contribution is 7.89. The second-order valence-electron chi connectivity index (χ2n) is 6.60. The number of anilines is 1. The van der Waals surface area contributed by atoms with Crippen LogP contribution in [0.1, 0.15) is 30.9 Å². The maximum absolute atomic E-state index is 12.9. The third kappa shape index (κ3) is 3.88. The van der Waals surface area contributed by atoms with Crippen molar-refractivity contribution in [2.75, 3.05) is 5.32 Å². The van der Waals surface area contributed by atoms with Gasteiger partial charge in [0.15, 0.2) is 0 Å². The number of sulfonamides is 1. The number of aryl methyl sites for hydroxylation is 2. The van der Waals surface area contributed by atoms with Crippen molar-refractivity contribution < 1.29 is 18.0 Å². The minimum atomic E-state index is -4.08. The summed E-state index contributed by atoms with van der Waals surface area (Å²) in [5.74, 6) is -1.06. The van der Waals surface area contributed by atoms with Crippen molar-refractivity contribution >= 4 is 27.5 Å². The number of carbonyl (C=O) groups is 2. The molecule has 1 aliphatic rings. The molecule has 0 radical (unpaired) electrons. The summed E-state index contributed by atoms with van der Waals surface area (Å²) in [4.78, 5) is 25.0. The van der Waals surface area contributed by atoms with Crippen LogP contribution >= 0.6 is 0 Å². The van der Waals surface area contributed by atoms with Gasteiger partial charge in [0.1, 0.15) is 6.04 Å². The van der Waals surface area contributed by atoms with Gasteiger partial charge in [-0.1, -0.05) is 36.8 Å². The lowest BCUT2D eigenvalue weighted by Crippen LogP contribution is -2.45. The summed E-state index contributed by atoms with van der Waals surface area (Å²) in [6, 6.07) is 12.5. The maximum Gasteiger partial charge on any atom is 0.267 e. The van der Waals surface area contributed by atoms with Crippen molar-refractivity contribution in [1.82, 2.24) is 4.31 Å². The Hall–Kier alpha value is -2.67. The number of carbonyl (C=O) groups excluding carboxylic acids is 2. The van der Waals surface area contributed by atoms with Crippen molar-refractivity contribution in [2.45, 2.75) is 44.0 Å². The van der Waals surface area contributed by atoms with Crippen LogP contribution in [0.2, 0.25) is 0 Å². The molecule has 2 amide bonds. The zero-order valence-electron chi connectivity index (χ0n) is 15.3. The number of hydrogen-bond donors (Lipinski definition) is 1. The molecule has 0 aromatic heterocycles. The van der Waals surface area contributed by atoms with E-state index in [0.29, 0.717) is 5.69 Å². The molecule has 6 nitrogen and oxygen atoms in total. The Morgan fingerprint density at radius 3 is 2.33 bits per heavy atom. The third-order valence-corrected chi connectivity index (χ3v) is 6.51. The molecule has 1 N–H and O–H groups in total. The van der Waals surface area contributed by atoms with E-state index in [0.717, 1.165) is 21.9 Å². The third-order valence-electron chi connectivity index (χ3n) is 4.67. The highest BCUT2D eigenvalue weighted by atomic mass is 32.2. The van der Waals surface area contributed by atoms with Gasteiger partial charge < -0.3 is 5.32 Å². The van der Waals surface area contributed by atoms with Gasteiger partial charge in [0, 0.05) is 12.1 Å². The number of amides is 2. The smallest absolute Gasteiger partial charge is 0.267 e. The second kappa shape index (κ2) is 7.52. The first-order chi connectivity index (χ1) is 12.8. The van der Waals surface area contributed by atoms with Gasteiger partial charge >= 0.3 is 0 Å². The number of benzene rings is 2. The average Bonchev–Trinajstić information content (AvgIpc) is 3.05. The molecule has 1 heterocycles. The molecule has 142 valence electrons. The molecule has 3 rings (SSSR count). The molecule has 0 saturated carbocycles. The van der Waals surface area contributed by atoms with E-state index in [1.165, 1.54) is 12.1 Å². The minimum Gasteiger partial charge on any atom is -0.324 e. The second-order valence-corrected chi connectivity index (χ2v) is 8.42. The predicted molar refractivity (Wildman–Crippen MR) is 103 cm³/mol. The fourth-order valence-corrected chi connectivity index (χ4v) is 4.68. The van der Waals surface area contributed by atoms with Crippen LogP contribution in [-0.4, -0.2) is 30.6 Å². The summed E-state index contributed by atoms with van der Waals surface area (Å²) in [6.45, 7) is 3.88. The molecule has 1 atom stereocenters. The van der Waals surface area contributed by atoms with Gasteiger partial charge in [-0.3, -0.25) is 9.59 Å². The normalized spacial score (nSPS) is 17.2. The zero-order chi connectivity index (χ0) is 19.6. The first-order valence-electron chi connectivity index (χ1n) is 8.86. The van der Waals surface area contributed by atoms with Gasteiger partial charge in [0.25, 0.3) is 10.0 Å². The molecule has 1 saturated heterocycles. The largest absolute Gasteiger partial charge is 0.324 e. The average molecular weight is 386 g/mol. The highest BCUT2D eigenvalue weighted by Crippen LogP contribution is 2.28. The molecule has 0 spiro atoms. The topological polar surface area (TPSA) is 83.6 Å². The Morgan fingerprint density at radius 1 is 1.11 bits per heavy atom. The summed E-state index contributed by atoms with van der Waals surface area (Å²) in [7, 11) is -4.08. The van der Waals surface area contributed by atoms with E-state index < -0.39 is 27.9 Å². The molecule has 0 bridgehead atoms. The van der Waals surface area contributed by atoms with Crippen LogP contribution in [0.15, 0.2) is 53.4 Å². The molecule has 1 aliphatic heterocycles. The standard InChI is InChI=1S/C20H22N2O4S/c1-3-15-6-8-16(9-7-15)21-20(24)18-12-13-19(23)22(18)27(25,26)17-10-4-14(2)5-11-17/h4-11,18H,3,12-13H2,1-2H3,(H,21,24)/t18-/m0/s1. The van der Waals surface area contributed by atoms with Gasteiger partial charge in [0.2, 0.25) is 11.8 Å². The van der Waals surface area contributed by atoms with E-state index in [1.54, 1.807) is 24.3 Å². The number of nitrogens with one attached hydrogen (secondary N) is 1. The summed E-state index contributed by atoms with van der Waals surface area (Å²) in [5, 5.41) is 2.72. The van der Waals surface area contributed by atoms with Crippen LogP contribution in [-0.2, 0) is 26.0 Å². The van der Waals surface area contributed by atoms with Gasteiger partial charge in [-0.2, -0.15) is 0 Å². The van der Waals surface area contributed by atoms with E-state index in [2.05, 4.69) is 5.32 Å². The molecule has 27 heavy (non-hydrogen) atoms. The fraction of sp³-hybridized carbons (Fsp3) is 0.300. The first kappa shape index (κ1) is 19.1. The van der Waals surface area contributed by atoms with E-state index in [1.807, 2.05) is 26.0 Å². The lowest BCUT2D eigenvalue weighted by molar-refractivity contribution is -0.128. The Balaban J connectivity index is 1.84. The predicted octanol–water partition coefficient (Wildman–Crippen LogP) is 2.88. The molecule has 0 aliphatic carbocycles. The summed E-state index contributed by atoms with van der Waals surface area (Å²) >= 11 is 0. The highest BCUT2D eigenvalue weighted by Gasteiger charge is 2.44. The van der Waals surface area contributed by atoms with E-state index in [4.69, 9.17) is 0 Å². The molecular weight excluding hydrogens is 364 g/mol. The van der Waals surface area contributed by atoms with Crippen LogP contribution in [0.4, 0.5) is 5.69 Å². The van der Waals surface area contributed by atoms with Crippen LogP contribution in [0.5, 0.6) is 0 Å².